The molecule has 3 rings (SSSR count). The number of anilines is 3. The first-order valence-electron chi connectivity index (χ1n) is 10.4. The van der Waals surface area contributed by atoms with Gasteiger partial charge < -0.3 is 21.3 Å². The summed E-state index contributed by atoms with van der Waals surface area (Å²) in [4.78, 5) is 30.1. The predicted molar refractivity (Wildman–Crippen MR) is 120 cm³/mol. The summed E-state index contributed by atoms with van der Waals surface area (Å²) in [5.74, 6) is 0.0774. The van der Waals surface area contributed by atoms with Crippen LogP contribution in [-0.2, 0) is 4.79 Å². The summed E-state index contributed by atoms with van der Waals surface area (Å²) in [5, 5.41) is 14.4. The molecule has 1 aromatic heterocycles. The maximum atomic E-state index is 12.1. The Labute approximate surface area is 182 Å². The van der Waals surface area contributed by atoms with E-state index in [0.29, 0.717) is 12.5 Å². The van der Waals surface area contributed by atoms with E-state index < -0.39 is 5.91 Å². The van der Waals surface area contributed by atoms with E-state index in [2.05, 4.69) is 46.2 Å². The van der Waals surface area contributed by atoms with E-state index in [4.69, 9.17) is 5.73 Å². The van der Waals surface area contributed by atoms with E-state index in [9.17, 15) is 9.59 Å². The monoisotopic (exact) mass is 423 g/mol. The zero-order chi connectivity index (χ0) is 22.5. The van der Waals surface area contributed by atoms with Crippen LogP contribution in [0.2, 0.25) is 0 Å². The number of hydrogen-bond acceptors (Lipinski definition) is 7. The van der Waals surface area contributed by atoms with Crippen LogP contribution in [-0.4, -0.2) is 50.5 Å². The average Bonchev–Trinajstić information content (AvgIpc) is 2.75. The van der Waals surface area contributed by atoms with Crippen molar-refractivity contribution in [2.24, 2.45) is 5.73 Å². The van der Waals surface area contributed by atoms with Gasteiger partial charge in [-0.05, 0) is 49.5 Å². The molecule has 1 aliphatic rings. The number of nitrogens with one attached hydrogen (secondary N) is 2. The Morgan fingerprint density at radius 2 is 1.97 bits per heavy atom. The smallest absolute Gasteiger partial charge is 0.273 e. The van der Waals surface area contributed by atoms with Crippen molar-refractivity contribution in [1.82, 2.24) is 20.1 Å². The Hall–Kier alpha value is -3.49. The van der Waals surface area contributed by atoms with Gasteiger partial charge in [-0.1, -0.05) is 32.6 Å². The lowest BCUT2D eigenvalue weighted by Gasteiger charge is -2.39. The molecule has 2 unspecified atom stereocenters. The Bertz CT molecular complexity index is 959. The molecule has 1 aromatic carbocycles. The molecule has 164 valence electrons. The molecule has 9 nitrogen and oxygen atoms in total. The molecule has 0 radical (unpaired) electrons. The highest BCUT2D eigenvalue weighted by atomic mass is 16.2. The number of primary amides is 1. The van der Waals surface area contributed by atoms with Gasteiger partial charge in [0.05, 0.1) is 0 Å². The number of carbonyl (C=O) groups excluding carboxylic acids is 2. The van der Waals surface area contributed by atoms with Gasteiger partial charge >= 0.3 is 0 Å². The Morgan fingerprint density at radius 3 is 2.58 bits per heavy atom. The standard InChI is InChI=1S/C22H29N7O2/c1-5-18(30)29-12-6-7-17(14(29)4)25-22-26-21(19(20(23)31)27-28-22)24-16-10-8-15(9-11-16)13(2)3/h5,8-11,13-14,17H,1,6-7,12H2,2-4H3,(H2,23,31)(H2,24,25,26,28). The molecule has 1 saturated heterocycles. The normalized spacial score (nSPS) is 18.5. The van der Waals surface area contributed by atoms with Gasteiger partial charge in [-0.15, -0.1) is 10.2 Å². The largest absolute Gasteiger partial charge is 0.364 e. The fourth-order valence-electron chi connectivity index (χ4n) is 3.66. The van der Waals surface area contributed by atoms with Gasteiger partial charge in [0.1, 0.15) is 0 Å². The van der Waals surface area contributed by atoms with E-state index in [1.807, 2.05) is 31.2 Å². The second-order valence-electron chi connectivity index (χ2n) is 7.97. The number of piperidine rings is 1. The fraction of sp³-hybridized carbons (Fsp3) is 0.409. The fourth-order valence-corrected chi connectivity index (χ4v) is 3.66. The third-order valence-electron chi connectivity index (χ3n) is 5.52. The van der Waals surface area contributed by atoms with Crippen molar-refractivity contribution in [1.29, 1.82) is 0 Å². The molecule has 2 atom stereocenters. The Kier molecular flexibility index (Phi) is 6.84. The van der Waals surface area contributed by atoms with Crippen molar-refractivity contribution in [3.63, 3.8) is 0 Å². The summed E-state index contributed by atoms with van der Waals surface area (Å²) in [5.41, 5.74) is 7.38. The van der Waals surface area contributed by atoms with Crippen molar-refractivity contribution in [3.8, 4) is 0 Å². The third kappa shape index (κ3) is 5.17. The van der Waals surface area contributed by atoms with Gasteiger partial charge in [0.25, 0.3) is 5.91 Å². The second kappa shape index (κ2) is 9.55. The summed E-state index contributed by atoms with van der Waals surface area (Å²) in [6.07, 6.45) is 3.02. The molecular formula is C22H29N7O2. The van der Waals surface area contributed by atoms with Crippen LogP contribution in [0.1, 0.15) is 55.6 Å². The van der Waals surface area contributed by atoms with Gasteiger partial charge in [0.15, 0.2) is 11.5 Å². The molecular weight excluding hydrogens is 394 g/mol. The lowest BCUT2D eigenvalue weighted by molar-refractivity contribution is -0.129. The summed E-state index contributed by atoms with van der Waals surface area (Å²) in [6.45, 7) is 10.5. The van der Waals surface area contributed by atoms with Crippen LogP contribution in [0.4, 0.5) is 17.5 Å². The lowest BCUT2D eigenvalue weighted by atomic mass is 9.97. The van der Waals surface area contributed by atoms with Gasteiger partial charge in [0, 0.05) is 24.3 Å². The Morgan fingerprint density at radius 1 is 1.26 bits per heavy atom. The highest BCUT2D eigenvalue weighted by Crippen LogP contribution is 2.24. The van der Waals surface area contributed by atoms with Crippen LogP contribution in [0, 0.1) is 0 Å². The lowest BCUT2D eigenvalue weighted by Crippen LogP contribution is -2.51. The summed E-state index contributed by atoms with van der Waals surface area (Å²) >= 11 is 0. The number of hydrogen-bond donors (Lipinski definition) is 3. The van der Waals surface area contributed by atoms with Gasteiger partial charge in [-0.2, -0.15) is 4.98 Å². The quantitative estimate of drug-likeness (QED) is 0.585. The SMILES string of the molecule is C=CC(=O)N1CCCC(Nc2nnc(C(N)=O)c(Nc3ccc(C(C)C)cc3)n2)C1C. The molecule has 2 aromatic rings. The highest BCUT2D eigenvalue weighted by Gasteiger charge is 2.30. The van der Waals surface area contributed by atoms with Gasteiger partial charge in [0.2, 0.25) is 11.9 Å². The molecule has 0 saturated carbocycles. The second-order valence-corrected chi connectivity index (χ2v) is 7.97. The van der Waals surface area contributed by atoms with Crippen LogP contribution < -0.4 is 16.4 Å². The van der Waals surface area contributed by atoms with Gasteiger partial charge in [-0.25, -0.2) is 0 Å². The van der Waals surface area contributed by atoms with Crippen molar-refractivity contribution in [2.45, 2.75) is 51.6 Å². The molecule has 9 heteroatoms. The van der Waals surface area contributed by atoms with Crippen LogP contribution in [0.25, 0.3) is 0 Å². The number of rotatable bonds is 7. The van der Waals surface area contributed by atoms with Crippen molar-refractivity contribution in [3.05, 3.63) is 48.2 Å². The molecule has 0 aliphatic carbocycles. The number of benzene rings is 1. The number of nitrogens with two attached hydrogens (primary N) is 1. The summed E-state index contributed by atoms with van der Waals surface area (Å²) in [6, 6.07) is 7.73. The summed E-state index contributed by atoms with van der Waals surface area (Å²) < 4.78 is 0. The van der Waals surface area contributed by atoms with Gasteiger partial charge in [-0.3, -0.25) is 9.59 Å². The summed E-state index contributed by atoms with van der Waals surface area (Å²) in [7, 11) is 0. The van der Waals surface area contributed by atoms with E-state index in [-0.39, 0.29) is 35.5 Å². The van der Waals surface area contributed by atoms with Crippen molar-refractivity contribution < 1.29 is 9.59 Å². The van der Waals surface area contributed by atoms with Crippen molar-refractivity contribution >= 4 is 29.3 Å². The molecule has 31 heavy (non-hydrogen) atoms. The molecule has 0 bridgehead atoms. The first kappa shape index (κ1) is 22.2. The number of carbonyl (C=O) groups is 2. The topological polar surface area (TPSA) is 126 Å². The highest BCUT2D eigenvalue weighted by molar-refractivity contribution is 5.96. The molecule has 1 fully saturated rings. The van der Waals surface area contributed by atoms with Crippen LogP contribution in [0.5, 0.6) is 0 Å². The Balaban J connectivity index is 1.82. The van der Waals surface area contributed by atoms with Crippen LogP contribution in [0.3, 0.4) is 0 Å². The average molecular weight is 424 g/mol. The minimum atomic E-state index is -0.721. The first-order valence-corrected chi connectivity index (χ1v) is 10.4. The number of aromatic nitrogens is 3. The minimum absolute atomic E-state index is 0.0429. The number of amides is 2. The first-order chi connectivity index (χ1) is 14.8. The number of likely N-dealkylation sites (tertiary alicyclic amines) is 1. The molecule has 0 spiro atoms. The van der Waals surface area contributed by atoms with E-state index in [0.717, 1.165) is 18.5 Å². The predicted octanol–water partition coefficient (Wildman–Crippen LogP) is 2.81. The van der Waals surface area contributed by atoms with Crippen molar-refractivity contribution in [2.75, 3.05) is 17.2 Å². The molecule has 1 aliphatic heterocycles. The zero-order valence-corrected chi connectivity index (χ0v) is 18.1. The zero-order valence-electron chi connectivity index (χ0n) is 18.1. The van der Waals surface area contributed by atoms with E-state index in [1.54, 1.807) is 4.90 Å². The maximum Gasteiger partial charge on any atom is 0.273 e. The third-order valence-corrected chi connectivity index (χ3v) is 5.52. The van der Waals surface area contributed by atoms with Crippen LogP contribution >= 0.6 is 0 Å². The maximum absolute atomic E-state index is 12.1. The molecule has 4 N–H and O–H groups in total. The van der Waals surface area contributed by atoms with E-state index >= 15 is 0 Å². The molecule has 2 heterocycles. The molecule has 2 amide bonds. The van der Waals surface area contributed by atoms with Crippen LogP contribution in [0.15, 0.2) is 36.9 Å². The van der Waals surface area contributed by atoms with E-state index in [1.165, 1.54) is 11.6 Å². The number of nitrogens with zero attached hydrogens (tertiary/aromatic N) is 4. The minimum Gasteiger partial charge on any atom is -0.364 e.